The van der Waals surface area contributed by atoms with Gasteiger partial charge in [0.15, 0.2) is 0 Å². The Morgan fingerprint density at radius 2 is 2.05 bits per heavy atom. The predicted octanol–water partition coefficient (Wildman–Crippen LogP) is 1.36. The van der Waals surface area contributed by atoms with Crippen molar-refractivity contribution in [2.75, 3.05) is 5.32 Å². The molecule has 108 valence electrons. The third kappa shape index (κ3) is 3.94. The van der Waals surface area contributed by atoms with Crippen LogP contribution in [0, 0.1) is 10.1 Å². The van der Waals surface area contributed by atoms with Crippen LogP contribution in [0.1, 0.15) is 30.6 Å². The predicted molar refractivity (Wildman–Crippen MR) is 71.6 cm³/mol. The molecule has 0 heterocycles. The van der Waals surface area contributed by atoms with Crippen LogP contribution < -0.4 is 11.1 Å². The zero-order valence-electron chi connectivity index (χ0n) is 11.0. The number of nitrogens with zero attached hydrogens (tertiary/aromatic N) is 1. The van der Waals surface area contributed by atoms with Crippen LogP contribution in [-0.2, 0) is 4.79 Å². The molecule has 8 nitrogen and oxygen atoms in total. The molecule has 1 amide bonds. The van der Waals surface area contributed by atoms with Crippen molar-refractivity contribution in [1.29, 1.82) is 0 Å². The van der Waals surface area contributed by atoms with E-state index in [9.17, 15) is 19.7 Å². The number of primary amides is 1. The van der Waals surface area contributed by atoms with E-state index in [4.69, 9.17) is 10.8 Å². The summed E-state index contributed by atoms with van der Waals surface area (Å²) < 4.78 is 0. The summed E-state index contributed by atoms with van der Waals surface area (Å²) in [6, 6.07) is 3.40. The quantitative estimate of drug-likeness (QED) is 0.532. The highest BCUT2D eigenvalue weighted by Gasteiger charge is 2.25. The highest BCUT2D eigenvalue weighted by Crippen LogP contribution is 2.29. The van der Waals surface area contributed by atoms with Crippen LogP contribution in [0.5, 0.6) is 0 Å². The smallest absolute Gasteiger partial charge is 0.335 e. The molecule has 0 saturated carbocycles. The summed E-state index contributed by atoms with van der Waals surface area (Å²) in [6.07, 6.45) is -0.0541. The highest BCUT2D eigenvalue weighted by atomic mass is 16.6. The van der Waals surface area contributed by atoms with E-state index in [1.54, 1.807) is 13.8 Å². The molecule has 20 heavy (non-hydrogen) atoms. The maximum atomic E-state index is 11.0. The molecule has 0 fully saturated rings. The lowest BCUT2D eigenvalue weighted by Crippen LogP contribution is -2.36. The molecule has 0 bridgehead atoms. The molecule has 0 unspecified atom stereocenters. The van der Waals surface area contributed by atoms with Crippen LogP contribution in [0.2, 0.25) is 0 Å². The van der Waals surface area contributed by atoms with E-state index in [0.717, 1.165) is 18.2 Å². The zero-order chi connectivity index (χ0) is 15.5. The third-order valence-corrected chi connectivity index (χ3v) is 2.53. The second-order valence-electron chi connectivity index (χ2n) is 4.95. The highest BCUT2D eigenvalue weighted by molar-refractivity contribution is 5.90. The molecule has 0 radical (unpaired) electrons. The maximum absolute atomic E-state index is 11.0. The first kappa shape index (κ1) is 15.4. The van der Waals surface area contributed by atoms with Crippen LogP contribution in [0.4, 0.5) is 11.4 Å². The maximum Gasteiger partial charge on any atom is 0.335 e. The van der Waals surface area contributed by atoms with Crippen molar-refractivity contribution in [3.05, 3.63) is 33.9 Å². The minimum atomic E-state index is -1.20. The second kappa shape index (κ2) is 5.55. The Hall–Kier alpha value is -2.64. The molecule has 1 aromatic rings. The van der Waals surface area contributed by atoms with Crippen molar-refractivity contribution in [3.8, 4) is 0 Å². The third-order valence-electron chi connectivity index (χ3n) is 2.53. The van der Waals surface area contributed by atoms with Crippen molar-refractivity contribution in [2.24, 2.45) is 5.73 Å². The molecule has 1 rings (SSSR count). The van der Waals surface area contributed by atoms with E-state index < -0.39 is 22.3 Å². The van der Waals surface area contributed by atoms with Crippen LogP contribution in [0.3, 0.4) is 0 Å². The first-order chi connectivity index (χ1) is 9.12. The van der Waals surface area contributed by atoms with Crippen molar-refractivity contribution in [3.63, 3.8) is 0 Å². The topological polar surface area (TPSA) is 136 Å². The number of hydrogen-bond acceptors (Lipinski definition) is 5. The lowest BCUT2D eigenvalue weighted by Gasteiger charge is -2.26. The van der Waals surface area contributed by atoms with Crippen LogP contribution in [0.25, 0.3) is 0 Å². The molecule has 0 aliphatic rings. The van der Waals surface area contributed by atoms with Gasteiger partial charge in [-0.2, -0.15) is 0 Å². The van der Waals surface area contributed by atoms with Crippen LogP contribution in [0.15, 0.2) is 18.2 Å². The van der Waals surface area contributed by atoms with E-state index in [1.807, 2.05) is 0 Å². The van der Waals surface area contributed by atoms with E-state index in [-0.39, 0.29) is 23.4 Å². The molecule has 0 spiro atoms. The van der Waals surface area contributed by atoms with Gasteiger partial charge in [-0.1, -0.05) is 0 Å². The molecule has 0 aliphatic carbocycles. The fourth-order valence-corrected chi connectivity index (χ4v) is 1.77. The molecule has 8 heteroatoms. The molecule has 0 atom stereocenters. The van der Waals surface area contributed by atoms with Crippen molar-refractivity contribution in [1.82, 2.24) is 0 Å². The fraction of sp³-hybridized carbons (Fsp3) is 0.333. The van der Waals surface area contributed by atoms with Gasteiger partial charge in [-0.15, -0.1) is 0 Å². The summed E-state index contributed by atoms with van der Waals surface area (Å²) in [6.45, 7) is 3.27. The second-order valence-corrected chi connectivity index (χ2v) is 4.95. The van der Waals surface area contributed by atoms with Crippen LogP contribution in [-0.4, -0.2) is 27.4 Å². The molecule has 1 aromatic carbocycles. The number of nitrogens with two attached hydrogens (primary N) is 1. The minimum Gasteiger partial charge on any atom is -0.478 e. The van der Waals surface area contributed by atoms with Gasteiger partial charge in [0.25, 0.3) is 5.69 Å². The monoisotopic (exact) mass is 281 g/mol. The number of rotatable bonds is 6. The average Bonchev–Trinajstić information content (AvgIpc) is 2.25. The number of hydrogen-bond donors (Lipinski definition) is 3. The molecular weight excluding hydrogens is 266 g/mol. The number of carbonyl (C=O) groups is 2. The normalized spacial score (nSPS) is 10.9. The van der Waals surface area contributed by atoms with Gasteiger partial charge >= 0.3 is 5.97 Å². The fourth-order valence-electron chi connectivity index (χ4n) is 1.77. The van der Waals surface area contributed by atoms with Crippen molar-refractivity contribution in [2.45, 2.75) is 25.8 Å². The summed E-state index contributed by atoms with van der Waals surface area (Å²) in [5.41, 5.74) is 3.93. The van der Waals surface area contributed by atoms with Gasteiger partial charge in [0.05, 0.1) is 10.5 Å². The molecule has 0 aliphatic heterocycles. The number of nitro benzene ring substituents is 1. The lowest BCUT2D eigenvalue weighted by molar-refractivity contribution is -0.384. The Morgan fingerprint density at radius 3 is 2.50 bits per heavy atom. The van der Waals surface area contributed by atoms with Crippen molar-refractivity contribution >= 4 is 23.3 Å². The van der Waals surface area contributed by atoms with Gasteiger partial charge in [-0.05, 0) is 26.0 Å². The van der Waals surface area contributed by atoms with Crippen LogP contribution >= 0.6 is 0 Å². The number of nitrogens with one attached hydrogen (secondary N) is 1. The average molecular weight is 281 g/mol. The van der Waals surface area contributed by atoms with E-state index in [1.165, 1.54) is 0 Å². The van der Waals surface area contributed by atoms with Gasteiger partial charge in [0, 0.05) is 18.0 Å². The number of carbonyl (C=O) groups excluding carboxylic acids is 1. The zero-order valence-corrected chi connectivity index (χ0v) is 11.0. The SMILES string of the molecule is CC(C)(CC(N)=O)Nc1cc(C(=O)O)ccc1[N+](=O)[O-]. The minimum absolute atomic E-state index is 0.0288. The number of aromatic carboxylic acids is 1. The Morgan fingerprint density at radius 1 is 1.45 bits per heavy atom. The first-order valence-corrected chi connectivity index (χ1v) is 5.70. The lowest BCUT2D eigenvalue weighted by atomic mass is 9.99. The van der Waals surface area contributed by atoms with Gasteiger partial charge in [0.1, 0.15) is 5.69 Å². The standard InChI is InChI=1S/C12H15N3O5/c1-12(2,6-10(13)16)14-8-5-7(11(17)18)3-4-9(8)15(19)20/h3-5,14H,6H2,1-2H3,(H2,13,16)(H,17,18). The van der Waals surface area contributed by atoms with Gasteiger partial charge in [-0.3, -0.25) is 14.9 Å². The number of nitro groups is 1. The summed E-state index contributed by atoms with van der Waals surface area (Å²) in [4.78, 5) is 32.2. The Labute approximate surface area is 114 Å². The number of carboxylic acids is 1. The van der Waals surface area contributed by atoms with E-state index in [0.29, 0.717) is 0 Å². The van der Waals surface area contributed by atoms with Crippen molar-refractivity contribution < 1.29 is 19.6 Å². The molecule has 0 saturated heterocycles. The molecule has 0 aromatic heterocycles. The number of benzene rings is 1. The number of anilines is 1. The van der Waals surface area contributed by atoms with E-state index in [2.05, 4.69) is 5.32 Å². The number of amides is 1. The van der Waals surface area contributed by atoms with Gasteiger partial charge < -0.3 is 16.2 Å². The molecule has 4 N–H and O–H groups in total. The largest absolute Gasteiger partial charge is 0.478 e. The number of carboxylic acid groups (broad SMARTS) is 1. The first-order valence-electron chi connectivity index (χ1n) is 5.70. The summed E-state index contributed by atoms with van der Waals surface area (Å²) >= 11 is 0. The Balaban J connectivity index is 3.19. The van der Waals surface area contributed by atoms with Gasteiger partial charge in [-0.25, -0.2) is 4.79 Å². The summed E-state index contributed by atoms with van der Waals surface area (Å²) in [7, 11) is 0. The Bertz CT molecular complexity index is 568. The van der Waals surface area contributed by atoms with E-state index >= 15 is 0 Å². The molecular formula is C12H15N3O5. The van der Waals surface area contributed by atoms with Gasteiger partial charge in [0.2, 0.25) is 5.91 Å². The summed E-state index contributed by atoms with van der Waals surface area (Å²) in [5.74, 6) is -1.77. The summed E-state index contributed by atoms with van der Waals surface area (Å²) in [5, 5.41) is 22.6. The Kier molecular flexibility index (Phi) is 4.28.